The highest BCUT2D eigenvalue weighted by atomic mass is 32.2. The first kappa shape index (κ1) is 21.7. The summed E-state index contributed by atoms with van der Waals surface area (Å²) in [6, 6.07) is 13.6. The number of ether oxygens (including phenoxy) is 1. The Morgan fingerprint density at radius 2 is 1.77 bits per heavy atom. The van der Waals surface area contributed by atoms with Crippen LogP contribution in [0.4, 0.5) is 21.5 Å². The van der Waals surface area contributed by atoms with E-state index in [0.29, 0.717) is 0 Å². The standard InChI is InChI=1S/C20H16FN3O6S/c1-30-19-10-9-16(24(26)27)12-18(19)22-20(25)13-3-2-4-17(11-13)31(28,29)23-15-7-5-14(21)6-8-15/h2-12,23H,1H3,(H,22,25). The summed E-state index contributed by atoms with van der Waals surface area (Å²) in [5, 5.41) is 13.5. The maximum Gasteiger partial charge on any atom is 0.271 e. The highest BCUT2D eigenvalue weighted by Gasteiger charge is 2.18. The lowest BCUT2D eigenvalue weighted by Gasteiger charge is -2.11. The molecule has 3 aromatic rings. The van der Waals surface area contributed by atoms with E-state index < -0.39 is 26.7 Å². The molecule has 9 nitrogen and oxygen atoms in total. The zero-order valence-electron chi connectivity index (χ0n) is 16.0. The maximum absolute atomic E-state index is 13.0. The first-order valence-electron chi connectivity index (χ1n) is 8.72. The smallest absolute Gasteiger partial charge is 0.271 e. The van der Waals surface area contributed by atoms with Crippen LogP contribution in [0.15, 0.2) is 71.6 Å². The summed E-state index contributed by atoms with van der Waals surface area (Å²) >= 11 is 0. The molecule has 0 saturated carbocycles. The molecule has 0 aliphatic rings. The first-order chi connectivity index (χ1) is 14.7. The van der Waals surface area contributed by atoms with Crippen LogP contribution in [-0.4, -0.2) is 26.4 Å². The minimum atomic E-state index is -4.05. The summed E-state index contributed by atoms with van der Waals surface area (Å²) in [5.74, 6) is -1.02. The zero-order valence-corrected chi connectivity index (χ0v) is 16.9. The van der Waals surface area contributed by atoms with Crippen LogP contribution < -0.4 is 14.8 Å². The number of nitro benzene ring substituents is 1. The third-order valence-electron chi connectivity index (χ3n) is 4.15. The van der Waals surface area contributed by atoms with Gasteiger partial charge in [-0.15, -0.1) is 0 Å². The van der Waals surface area contributed by atoms with E-state index in [0.717, 1.165) is 24.3 Å². The number of methoxy groups -OCH3 is 1. The summed E-state index contributed by atoms with van der Waals surface area (Å²) in [5.41, 5.74) is -0.0524. The number of hydrogen-bond donors (Lipinski definition) is 2. The van der Waals surface area contributed by atoms with Crippen molar-refractivity contribution in [2.45, 2.75) is 4.90 Å². The predicted molar refractivity (Wildman–Crippen MR) is 111 cm³/mol. The normalized spacial score (nSPS) is 10.9. The van der Waals surface area contributed by atoms with Crippen molar-refractivity contribution in [2.75, 3.05) is 17.1 Å². The molecule has 0 unspecified atom stereocenters. The number of sulfonamides is 1. The fourth-order valence-electron chi connectivity index (χ4n) is 2.64. The average Bonchev–Trinajstić information content (AvgIpc) is 2.75. The minimum absolute atomic E-state index is 0.00413. The van der Waals surface area contributed by atoms with E-state index in [-0.39, 0.29) is 33.3 Å². The van der Waals surface area contributed by atoms with Crippen molar-refractivity contribution < 1.29 is 27.3 Å². The predicted octanol–water partition coefficient (Wildman–Crippen LogP) is 3.80. The quantitative estimate of drug-likeness (QED) is 0.421. The van der Waals surface area contributed by atoms with Crippen molar-refractivity contribution in [2.24, 2.45) is 0 Å². The van der Waals surface area contributed by atoms with Gasteiger partial charge >= 0.3 is 0 Å². The lowest BCUT2D eigenvalue weighted by atomic mass is 10.2. The van der Waals surface area contributed by atoms with Crippen molar-refractivity contribution in [1.29, 1.82) is 0 Å². The van der Waals surface area contributed by atoms with Gasteiger partial charge in [0.15, 0.2) is 0 Å². The summed E-state index contributed by atoms with van der Waals surface area (Å²) < 4.78 is 45.6. The number of nitrogens with zero attached hydrogens (tertiary/aromatic N) is 1. The van der Waals surface area contributed by atoms with E-state index in [4.69, 9.17) is 4.74 Å². The van der Waals surface area contributed by atoms with Crippen LogP contribution in [0.1, 0.15) is 10.4 Å². The van der Waals surface area contributed by atoms with Crippen LogP contribution in [0.3, 0.4) is 0 Å². The van der Waals surface area contributed by atoms with Crippen LogP contribution >= 0.6 is 0 Å². The number of benzene rings is 3. The minimum Gasteiger partial charge on any atom is -0.495 e. The molecule has 1 amide bonds. The summed E-state index contributed by atoms with van der Waals surface area (Å²) in [7, 11) is -2.71. The molecule has 0 aliphatic carbocycles. The van der Waals surface area contributed by atoms with Gasteiger partial charge in [-0.1, -0.05) is 6.07 Å². The van der Waals surface area contributed by atoms with Gasteiger partial charge in [-0.2, -0.15) is 0 Å². The van der Waals surface area contributed by atoms with Gasteiger partial charge in [0.1, 0.15) is 11.6 Å². The summed E-state index contributed by atoms with van der Waals surface area (Å²) in [4.78, 5) is 22.8. The van der Waals surface area contributed by atoms with E-state index in [2.05, 4.69) is 10.0 Å². The molecular weight excluding hydrogens is 429 g/mol. The van der Waals surface area contributed by atoms with E-state index in [1.54, 1.807) is 0 Å². The number of amides is 1. The fourth-order valence-corrected chi connectivity index (χ4v) is 3.74. The molecule has 0 bridgehead atoms. The number of carbonyl (C=O) groups excluding carboxylic acids is 1. The molecule has 11 heteroatoms. The monoisotopic (exact) mass is 445 g/mol. The summed E-state index contributed by atoms with van der Waals surface area (Å²) in [6.07, 6.45) is 0. The number of carbonyl (C=O) groups is 1. The average molecular weight is 445 g/mol. The molecule has 0 aliphatic heterocycles. The van der Waals surface area contributed by atoms with Crippen LogP contribution in [0, 0.1) is 15.9 Å². The Hall–Kier alpha value is -3.99. The van der Waals surface area contributed by atoms with Crippen LogP contribution in [0.5, 0.6) is 5.75 Å². The van der Waals surface area contributed by atoms with Crippen molar-refractivity contribution in [3.05, 3.63) is 88.2 Å². The van der Waals surface area contributed by atoms with Gasteiger partial charge in [-0.05, 0) is 48.5 Å². The lowest BCUT2D eigenvalue weighted by Crippen LogP contribution is -2.16. The molecule has 0 fully saturated rings. The van der Waals surface area contributed by atoms with Crippen LogP contribution in [-0.2, 0) is 10.0 Å². The molecule has 0 atom stereocenters. The van der Waals surface area contributed by atoms with Gasteiger partial charge in [0, 0.05) is 23.4 Å². The number of non-ortho nitro benzene ring substituents is 1. The number of hydrogen-bond acceptors (Lipinski definition) is 6. The molecule has 0 aromatic heterocycles. The number of anilines is 2. The van der Waals surface area contributed by atoms with E-state index >= 15 is 0 Å². The van der Waals surface area contributed by atoms with Gasteiger partial charge in [-0.25, -0.2) is 12.8 Å². The largest absolute Gasteiger partial charge is 0.495 e. The Labute approximate surface area is 176 Å². The molecule has 0 heterocycles. The van der Waals surface area contributed by atoms with E-state index in [1.165, 1.54) is 49.6 Å². The second-order valence-corrected chi connectivity index (χ2v) is 7.92. The third kappa shape index (κ3) is 5.14. The second-order valence-electron chi connectivity index (χ2n) is 6.24. The zero-order chi connectivity index (χ0) is 22.6. The third-order valence-corrected chi connectivity index (χ3v) is 5.52. The second kappa shape index (κ2) is 8.79. The van der Waals surface area contributed by atoms with Gasteiger partial charge in [0.05, 0.1) is 22.6 Å². The Kier molecular flexibility index (Phi) is 6.16. The topological polar surface area (TPSA) is 128 Å². The van der Waals surface area contributed by atoms with Gasteiger partial charge < -0.3 is 10.1 Å². The van der Waals surface area contributed by atoms with Gasteiger partial charge in [0.25, 0.3) is 21.6 Å². The molecule has 160 valence electrons. The Balaban J connectivity index is 1.86. The Morgan fingerprint density at radius 3 is 2.42 bits per heavy atom. The van der Waals surface area contributed by atoms with E-state index in [9.17, 15) is 27.7 Å². The van der Waals surface area contributed by atoms with Crippen LogP contribution in [0.25, 0.3) is 0 Å². The van der Waals surface area contributed by atoms with Gasteiger partial charge in [-0.3, -0.25) is 19.6 Å². The number of nitro groups is 1. The van der Waals surface area contributed by atoms with Crippen molar-refractivity contribution >= 4 is 33.0 Å². The maximum atomic E-state index is 13.0. The molecule has 0 spiro atoms. The lowest BCUT2D eigenvalue weighted by molar-refractivity contribution is -0.384. The number of rotatable bonds is 7. The van der Waals surface area contributed by atoms with Crippen molar-refractivity contribution in [3.63, 3.8) is 0 Å². The molecular formula is C20H16FN3O6S. The first-order valence-corrected chi connectivity index (χ1v) is 10.2. The Morgan fingerprint density at radius 1 is 1.06 bits per heavy atom. The molecule has 31 heavy (non-hydrogen) atoms. The van der Waals surface area contributed by atoms with Crippen molar-refractivity contribution in [1.82, 2.24) is 0 Å². The number of nitrogens with one attached hydrogen (secondary N) is 2. The van der Waals surface area contributed by atoms with Crippen LogP contribution in [0.2, 0.25) is 0 Å². The molecule has 2 N–H and O–H groups in total. The Bertz CT molecular complexity index is 1250. The molecule has 3 rings (SSSR count). The molecule has 0 saturated heterocycles. The van der Waals surface area contributed by atoms with Crippen molar-refractivity contribution in [3.8, 4) is 5.75 Å². The fraction of sp³-hybridized carbons (Fsp3) is 0.0500. The highest BCUT2D eigenvalue weighted by Crippen LogP contribution is 2.29. The summed E-state index contributed by atoms with van der Waals surface area (Å²) in [6.45, 7) is 0. The van der Waals surface area contributed by atoms with E-state index in [1.807, 2.05) is 0 Å². The molecule has 0 radical (unpaired) electrons. The SMILES string of the molecule is COc1ccc([N+](=O)[O-])cc1NC(=O)c1cccc(S(=O)(=O)Nc2ccc(F)cc2)c1. The molecule has 3 aromatic carbocycles. The van der Waals surface area contributed by atoms with Gasteiger partial charge in [0.2, 0.25) is 0 Å². The number of halogens is 1. The highest BCUT2D eigenvalue weighted by molar-refractivity contribution is 7.92.